The summed E-state index contributed by atoms with van der Waals surface area (Å²) in [6.45, 7) is 4.53. The van der Waals surface area contributed by atoms with Crippen molar-refractivity contribution in [1.82, 2.24) is 10.3 Å². The molecule has 1 N–H and O–H groups in total. The quantitative estimate of drug-likeness (QED) is 0.854. The largest absolute Gasteiger partial charge is 0.352 e. The monoisotopic (exact) mass is 290 g/mol. The molecule has 0 saturated heterocycles. The number of rotatable bonds is 5. The van der Waals surface area contributed by atoms with Gasteiger partial charge in [-0.2, -0.15) is 0 Å². The minimum atomic E-state index is -0.0633. The predicted octanol–water partition coefficient (Wildman–Crippen LogP) is 3.68. The Morgan fingerprint density at radius 2 is 2.15 bits per heavy atom. The summed E-state index contributed by atoms with van der Waals surface area (Å²) in [6, 6.07) is 9.52. The summed E-state index contributed by atoms with van der Waals surface area (Å²) in [6.07, 6.45) is 1.69. The minimum Gasteiger partial charge on any atom is -0.352 e. The molecule has 0 saturated carbocycles. The van der Waals surface area contributed by atoms with Gasteiger partial charge in [0.1, 0.15) is 0 Å². The zero-order valence-electron chi connectivity index (χ0n) is 11.8. The van der Waals surface area contributed by atoms with Crippen LogP contribution in [0, 0.1) is 6.92 Å². The van der Waals surface area contributed by atoms with Crippen molar-refractivity contribution in [1.29, 1.82) is 0 Å². The lowest BCUT2D eigenvalue weighted by Gasteiger charge is -2.10. The molecule has 1 aromatic carbocycles. The number of aryl methyl sites for hydroxylation is 1. The zero-order chi connectivity index (χ0) is 14.5. The molecule has 0 fully saturated rings. The van der Waals surface area contributed by atoms with Crippen LogP contribution < -0.4 is 5.32 Å². The average Bonchev–Trinajstić information content (AvgIpc) is 2.45. The van der Waals surface area contributed by atoms with E-state index in [2.05, 4.69) is 10.3 Å². The molecule has 1 atom stereocenters. The third-order valence-corrected chi connectivity index (χ3v) is 3.80. The molecule has 0 spiro atoms. The maximum atomic E-state index is 12.3. The topological polar surface area (TPSA) is 42.0 Å². The Kier molecular flexibility index (Phi) is 4.96. The summed E-state index contributed by atoms with van der Waals surface area (Å²) < 4.78 is 0. The van der Waals surface area contributed by atoms with Crippen LogP contribution in [-0.4, -0.2) is 22.8 Å². The van der Waals surface area contributed by atoms with Crippen molar-refractivity contribution in [2.24, 2.45) is 0 Å². The molecule has 1 amide bonds. The standard InChI is InChI=1S/C16H19ClN2O/c1-3-12(17)8-9-18-16(20)14-10-11(2)19-15-7-5-4-6-13(14)15/h4-7,10,12H,3,8-9H2,1-2H3,(H,18,20). The van der Waals surface area contributed by atoms with Gasteiger partial charge in [0.05, 0.1) is 11.1 Å². The van der Waals surface area contributed by atoms with Crippen molar-refractivity contribution in [2.45, 2.75) is 32.1 Å². The van der Waals surface area contributed by atoms with Gasteiger partial charge in [0, 0.05) is 23.0 Å². The van der Waals surface area contributed by atoms with E-state index in [0.29, 0.717) is 12.1 Å². The predicted molar refractivity (Wildman–Crippen MR) is 83.4 cm³/mol. The molecule has 3 nitrogen and oxygen atoms in total. The first-order valence-electron chi connectivity index (χ1n) is 6.90. The van der Waals surface area contributed by atoms with Gasteiger partial charge < -0.3 is 5.32 Å². The number of benzene rings is 1. The molecule has 1 heterocycles. The van der Waals surface area contributed by atoms with Gasteiger partial charge in [-0.3, -0.25) is 9.78 Å². The van der Waals surface area contributed by atoms with Crippen molar-refractivity contribution in [3.63, 3.8) is 0 Å². The van der Waals surface area contributed by atoms with Crippen molar-refractivity contribution in [2.75, 3.05) is 6.54 Å². The Morgan fingerprint density at radius 1 is 1.40 bits per heavy atom. The number of aromatic nitrogens is 1. The van der Waals surface area contributed by atoms with Gasteiger partial charge in [-0.05, 0) is 31.9 Å². The van der Waals surface area contributed by atoms with Gasteiger partial charge in [0.2, 0.25) is 0 Å². The number of alkyl halides is 1. The maximum Gasteiger partial charge on any atom is 0.252 e. The Morgan fingerprint density at radius 3 is 2.90 bits per heavy atom. The van der Waals surface area contributed by atoms with Crippen LogP contribution in [-0.2, 0) is 0 Å². The van der Waals surface area contributed by atoms with Gasteiger partial charge in [-0.25, -0.2) is 0 Å². The number of nitrogens with zero attached hydrogens (tertiary/aromatic N) is 1. The van der Waals surface area contributed by atoms with Crippen LogP contribution in [0.25, 0.3) is 10.9 Å². The number of fused-ring (bicyclic) bond motifs is 1. The number of hydrogen-bond donors (Lipinski definition) is 1. The number of halogens is 1. The fourth-order valence-electron chi connectivity index (χ4n) is 2.14. The smallest absolute Gasteiger partial charge is 0.252 e. The molecule has 1 unspecified atom stereocenters. The second-order valence-corrected chi connectivity index (χ2v) is 5.50. The minimum absolute atomic E-state index is 0.0633. The molecule has 0 radical (unpaired) electrons. The van der Waals surface area contributed by atoms with Crippen molar-refractivity contribution in [3.05, 3.63) is 41.6 Å². The summed E-state index contributed by atoms with van der Waals surface area (Å²) in [5.74, 6) is -0.0633. The molecular weight excluding hydrogens is 272 g/mol. The highest BCUT2D eigenvalue weighted by atomic mass is 35.5. The lowest BCUT2D eigenvalue weighted by molar-refractivity contribution is 0.0954. The molecule has 0 aliphatic heterocycles. The first-order valence-corrected chi connectivity index (χ1v) is 7.34. The number of nitrogens with one attached hydrogen (secondary N) is 1. The summed E-state index contributed by atoms with van der Waals surface area (Å²) in [4.78, 5) is 16.7. The fourth-order valence-corrected chi connectivity index (χ4v) is 2.25. The third-order valence-electron chi connectivity index (χ3n) is 3.27. The van der Waals surface area contributed by atoms with Crippen LogP contribution in [0.4, 0.5) is 0 Å². The molecule has 0 aliphatic carbocycles. The van der Waals surface area contributed by atoms with Crippen molar-refractivity contribution in [3.8, 4) is 0 Å². The van der Waals surface area contributed by atoms with E-state index < -0.39 is 0 Å². The molecule has 4 heteroatoms. The Labute approximate surface area is 124 Å². The highest BCUT2D eigenvalue weighted by Crippen LogP contribution is 2.18. The van der Waals surface area contributed by atoms with E-state index in [-0.39, 0.29) is 11.3 Å². The van der Waals surface area contributed by atoms with E-state index in [1.165, 1.54) is 0 Å². The highest BCUT2D eigenvalue weighted by Gasteiger charge is 2.11. The lowest BCUT2D eigenvalue weighted by atomic mass is 10.1. The van der Waals surface area contributed by atoms with Crippen LogP contribution in [0.15, 0.2) is 30.3 Å². The number of para-hydroxylation sites is 1. The number of carbonyl (C=O) groups excluding carboxylic acids is 1. The van der Waals surface area contributed by atoms with E-state index in [4.69, 9.17) is 11.6 Å². The Balaban J connectivity index is 2.17. The van der Waals surface area contributed by atoms with Crippen LogP contribution in [0.3, 0.4) is 0 Å². The van der Waals surface area contributed by atoms with Crippen molar-refractivity contribution < 1.29 is 4.79 Å². The highest BCUT2D eigenvalue weighted by molar-refractivity contribution is 6.20. The lowest BCUT2D eigenvalue weighted by Crippen LogP contribution is -2.26. The average molecular weight is 291 g/mol. The van der Waals surface area contributed by atoms with E-state index in [1.807, 2.05) is 44.2 Å². The fraction of sp³-hybridized carbons (Fsp3) is 0.375. The number of carbonyl (C=O) groups is 1. The van der Waals surface area contributed by atoms with E-state index in [1.54, 1.807) is 0 Å². The first-order chi connectivity index (χ1) is 9.61. The Bertz CT molecular complexity index is 612. The normalized spacial score (nSPS) is 12.3. The van der Waals surface area contributed by atoms with Crippen LogP contribution in [0.5, 0.6) is 0 Å². The molecule has 0 bridgehead atoms. The molecule has 20 heavy (non-hydrogen) atoms. The summed E-state index contributed by atoms with van der Waals surface area (Å²) >= 11 is 6.05. The van der Waals surface area contributed by atoms with Crippen LogP contribution in [0.1, 0.15) is 35.8 Å². The molecular formula is C16H19ClN2O. The summed E-state index contributed by atoms with van der Waals surface area (Å²) in [5, 5.41) is 3.93. The molecule has 106 valence electrons. The molecule has 1 aromatic heterocycles. The van der Waals surface area contributed by atoms with Gasteiger partial charge in [0.15, 0.2) is 0 Å². The van der Waals surface area contributed by atoms with E-state index >= 15 is 0 Å². The van der Waals surface area contributed by atoms with E-state index in [0.717, 1.165) is 29.4 Å². The van der Waals surface area contributed by atoms with Gasteiger partial charge in [0.25, 0.3) is 5.91 Å². The molecule has 2 rings (SSSR count). The van der Waals surface area contributed by atoms with Crippen LogP contribution in [0.2, 0.25) is 0 Å². The number of pyridine rings is 1. The van der Waals surface area contributed by atoms with Crippen molar-refractivity contribution >= 4 is 28.4 Å². The van der Waals surface area contributed by atoms with Crippen LogP contribution >= 0.6 is 11.6 Å². The third kappa shape index (κ3) is 3.48. The van der Waals surface area contributed by atoms with Gasteiger partial charge in [-0.1, -0.05) is 25.1 Å². The maximum absolute atomic E-state index is 12.3. The summed E-state index contributed by atoms with van der Waals surface area (Å²) in [5.41, 5.74) is 2.37. The Hall–Kier alpha value is -1.61. The first kappa shape index (κ1) is 14.8. The molecule has 2 aromatic rings. The number of amides is 1. The summed E-state index contributed by atoms with van der Waals surface area (Å²) in [7, 11) is 0. The van der Waals surface area contributed by atoms with E-state index in [9.17, 15) is 4.79 Å². The molecule has 0 aliphatic rings. The zero-order valence-corrected chi connectivity index (χ0v) is 12.6. The SMILES string of the molecule is CCC(Cl)CCNC(=O)c1cc(C)nc2ccccc12. The second-order valence-electron chi connectivity index (χ2n) is 4.88. The second kappa shape index (κ2) is 6.71. The number of hydrogen-bond acceptors (Lipinski definition) is 2. The van der Waals surface area contributed by atoms with Gasteiger partial charge in [-0.15, -0.1) is 11.6 Å². The van der Waals surface area contributed by atoms with Gasteiger partial charge >= 0.3 is 0 Å².